The second-order valence-electron chi connectivity index (χ2n) is 8.80. The Morgan fingerprint density at radius 2 is 1.00 bits per heavy atom. The SMILES string of the molecule is OCCC1(CCCCCC(O)CCCCCC2(CCO)CC2)CC1. The Kier molecular flexibility index (Phi) is 8.53. The van der Waals surface area contributed by atoms with Gasteiger partial charge in [0.2, 0.25) is 0 Å². The monoisotopic (exact) mass is 340 g/mol. The van der Waals surface area contributed by atoms with Gasteiger partial charge in [0.1, 0.15) is 0 Å². The Bertz CT molecular complexity index is 302. The zero-order valence-electron chi connectivity index (χ0n) is 15.6. The van der Waals surface area contributed by atoms with Gasteiger partial charge in [-0.1, -0.05) is 38.5 Å². The fourth-order valence-corrected chi connectivity index (χ4v) is 4.34. The Hall–Kier alpha value is -0.120. The standard InChI is InChI=1S/C21H40O3/c22-17-15-20(11-12-20)9-5-1-3-7-19(24)8-4-2-6-10-21(13-14-21)16-18-23/h19,22-24H,1-18H2. The molecule has 0 saturated heterocycles. The summed E-state index contributed by atoms with van der Waals surface area (Å²) in [4.78, 5) is 0. The molecule has 0 aromatic carbocycles. The molecule has 0 amide bonds. The Labute approximate surface area is 148 Å². The highest BCUT2D eigenvalue weighted by Gasteiger charge is 2.41. The molecule has 0 aromatic rings. The summed E-state index contributed by atoms with van der Waals surface area (Å²) in [5, 5.41) is 28.2. The van der Waals surface area contributed by atoms with Crippen LogP contribution in [0.25, 0.3) is 0 Å². The first-order chi connectivity index (χ1) is 11.6. The fraction of sp³-hybridized carbons (Fsp3) is 1.00. The zero-order chi connectivity index (χ0) is 17.3. The molecule has 0 spiro atoms. The van der Waals surface area contributed by atoms with Gasteiger partial charge in [-0.15, -0.1) is 0 Å². The van der Waals surface area contributed by atoms with Crippen molar-refractivity contribution < 1.29 is 15.3 Å². The van der Waals surface area contributed by atoms with Gasteiger partial charge in [0.15, 0.2) is 0 Å². The van der Waals surface area contributed by atoms with E-state index in [1.807, 2.05) is 0 Å². The van der Waals surface area contributed by atoms with Gasteiger partial charge in [0, 0.05) is 13.2 Å². The first kappa shape index (κ1) is 20.2. The van der Waals surface area contributed by atoms with E-state index in [-0.39, 0.29) is 6.10 Å². The highest BCUT2D eigenvalue weighted by Crippen LogP contribution is 2.53. The van der Waals surface area contributed by atoms with Crippen LogP contribution in [0.4, 0.5) is 0 Å². The molecule has 2 rings (SSSR count). The molecule has 0 radical (unpaired) electrons. The van der Waals surface area contributed by atoms with Crippen LogP contribution in [0.5, 0.6) is 0 Å². The van der Waals surface area contributed by atoms with Crippen LogP contribution in [-0.2, 0) is 0 Å². The van der Waals surface area contributed by atoms with E-state index in [1.165, 1.54) is 64.2 Å². The van der Waals surface area contributed by atoms with E-state index in [4.69, 9.17) is 10.2 Å². The van der Waals surface area contributed by atoms with Crippen molar-refractivity contribution in [3.05, 3.63) is 0 Å². The van der Waals surface area contributed by atoms with E-state index in [0.717, 1.165) is 38.5 Å². The van der Waals surface area contributed by atoms with E-state index in [9.17, 15) is 5.11 Å². The van der Waals surface area contributed by atoms with Crippen molar-refractivity contribution in [2.45, 2.75) is 109 Å². The minimum atomic E-state index is -0.107. The lowest BCUT2D eigenvalue weighted by Gasteiger charge is -2.15. The minimum Gasteiger partial charge on any atom is -0.396 e. The number of unbranched alkanes of at least 4 members (excludes halogenated alkanes) is 4. The van der Waals surface area contributed by atoms with Gasteiger partial charge in [-0.05, 0) is 75.0 Å². The first-order valence-corrected chi connectivity index (χ1v) is 10.5. The molecule has 3 N–H and O–H groups in total. The molecular weight excluding hydrogens is 300 g/mol. The van der Waals surface area contributed by atoms with Gasteiger partial charge >= 0.3 is 0 Å². The van der Waals surface area contributed by atoms with E-state index < -0.39 is 0 Å². The summed E-state index contributed by atoms with van der Waals surface area (Å²) in [5.74, 6) is 0. The summed E-state index contributed by atoms with van der Waals surface area (Å²) in [6, 6.07) is 0. The molecular formula is C21H40O3. The van der Waals surface area contributed by atoms with Gasteiger partial charge in [-0.3, -0.25) is 0 Å². The number of aliphatic hydroxyl groups excluding tert-OH is 3. The average Bonchev–Trinajstić information content (AvgIpc) is 3.47. The summed E-state index contributed by atoms with van der Waals surface area (Å²) in [6.45, 7) is 0.694. The summed E-state index contributed by atoms with van der Waals surface area (Å²) in [5.41, 5.74) is 1.00. The second-order valence-corrected chi connectivity index (χ2v) is 8.80. The summed E-state index contributed by atoms with van der Waals surface area (Å²) >= 11 is 0. The molecule has 2 fully saturated rings. The lowest BCUT2D eigenvalue weighted by molar-refractivity contribution is 0.146. The van der Waals surface area contributed by atoms with E-state index >= 15 is 0 Å². The van der Waals surface area contributed by atoms with Crippen LogP contribution in [0, 0.1) is 10.8 Å². The second kappa shape index (κ2) is 10.1. The Morgan fingerprint density at radius 1 is 0.583 bits per heavy atom. The maximum atomic E-state index is 10.1. The smallest absolute Gasteiger partial charge is 0.0540 e. The van der Waals surface area contributed by atoms with E-state index in [0.29, 0.717) is 24.0 Å². The summed E-state index contributed by atoms with van der Waals surface area (Å²) in [6.07, 6.45) is 18.9. The molecule has 3 heteroatoms. The molecule has 0 bridgehead atoms. The summed E-state index contributed by atoms with van der Waals surface area (Å²) < 4.78 is 0. The molecule has 2 aliphatic carbocycles. The molecule has 0 unspecified atom stereocenters. The molecule has 24 heavy (non-hydrogen) atoms. The molecule has 0 aromatic heterocycles. The maximum Gasteiger partial charge on any atom is 0.0540 e. The van der Waals surface area contributed by atoms with E-state index in [1.54, 1.807) is 0 Å². The third-order valence-corrected chi connectivity index (χ3v) is 6.69. The number of aliphatic hydroxyl groups is 3. The molecule has 2 aliphatic rings. The molecule has 3 nitrogen and oxygen atoms in total. The van der Waals surface area contributed by atoms with Crippen molar-refractivity contribution in [2.75, 3.05) is 13.2 Å². The summed E-state index contributed by atoms with van der Waals surface area (Å²) in [7, 11) is 0. The third kappa shape index (κ3) is 7.41. The van der Waals surface area contributed by atoms with Gasteiger partial charge in [0.25, 0.3) is 0 Å². The molecule has 2 saturated carbocycles. The average molecular weight is 341 g/mol. The number of hydrogen-bond donors (Lipinski definition) is 3. The Balaban J connectivity index is 1.37. The van der Waals surface area contributed by atoms with Crippen molar-refractivity contribution in [3.8, 4) is 0 Å². The van der Waals surface area contributed by atoms with Crippen LogP contribution in [0.1, 0.15) is 103 Å². The Morgan fingerprint density at radius 3 is 1.33 bits per heavy atom. The molecule has 0 atom stereocenters. The number of hydrogen-bond acceptors (Lipinski definition) is 3. The quantitative estimate of drug-likeness (QED) is 0.361. The number of rotatable bonds is 16. The highest BCUT2D eigenvalue weighted by atomic mass is 16.3. The lowest BCUT2D eigenvalue weighted by atomic mass is 9.93. The minimum absolute atomic E-state index is 0.107. The van der Waals surface area contributed by atoms with Gasteiger partial charge in [0.05, 0.1) is 6.10 Å². The van der Waals surface area contributed by atoms with E-state index in [2.05, 4.69) is 0 Å². The van der Waals surface area contributed by atoms with Crippen molar-refractivity contribution in [3.63, 3.8) is 0 Å². The highest BCUT2D eigenvalue weighted by molar-refractivity contribution is 4.93. The topological polar surface area (TPSA) is 60.7 Å². The van der Waals surface area contributed by atoms with Crippen molar-refractivity contribution >= 4 is 0 Å². The van der Waals surface area contributed by atoms with Gasteiger partial charge < -0.3 is 15.3 Å². The largest absolute Gasteiger partial charge is 0.396 e. The van der Waals surface area contributed by atoms with Crippen LogP contribution < -0.4 is 0 Å². The predicted octanol–water partition coefficient (Wildman–Crippen LogP) is 4.57. The first-order valence-electron chi connectivity index (χ1n) is 10.5. The van der Waals surface area contributed by atoms with Gasteiger partial charge in [-0.25, -0.2) is 0 Å². The zero-order valence-corrected chi connectivity index (χ0v) is 15.6. The van der Waals surface area contributed by atoms with Crippen molar-refractivity contribution in [2.24, 2.45) is 10.8 Å². The normalized spacial score (nSPS) is 20.5. The fourth-order valence-electron chi connectivity index (χ4n) is 4.34. The predicted molar refractivity (Wildman–Crippen MR) is 98.9 cm³/mol. The molecule has 142 valence electrons. The maximum absolute atomic E-state index is 10.1. The molecule has 0 heterocycles. The van der Waals surface area contributed by atoms with Gasteiger partial charge in [-0.2, -0.15) is 0 Å². The van der Waals surface area contributed by atoms with Crippen LogP contribution in [0.2, 0.25) is 0 Å². The van der Waals surface area contributed by atoms with Crippen LogP contribution in [0.3, 0.4) is 0 Å². The lowest BCUT2D eigenvalue weighted by Crippen LogP contribution is -2.07. The van der Waals surface area contributed by atoms with Crippen molar-refractivity contribution in [1.82, 2.24) is 0 Å². The van der Waals surface area contributed by atoms with Crippen molar-refractivity contribution in [1.29, 1.82) is 0 Å². The van der Waals surface area contributed by atoms with Crippen LogP contribution in [0.15, 0.2) is 0 Å². The van der Waals surface area contributed by atoms with Crippen LogP contribution in [-0.4, -0.2) is 34.6 Å². The van der Waals surface area contributed by atoms with Crippen LogP contribution >= 0.6 is 0 Å². The molecule has 0 aliphatic heterocycles. The third-order valence-electron chi connectivity index (χ3n) is 6.69.